The SMILES string of the molecule is COc1cc(OC)c(C(c2ccccn2)S(=O)(=O)c2ccc(C)cc2)c(OC)c1. The minimum absolute atomic E-state index is 0.193. The van der Waals surface area contributed by atoms with Crippen molar-refractivity contribution in [1.29, 1.82) is 0 Å². The molecule has 7 heteroatoms. The van der Waals surface area contributed by atoms with Crippen LogP contribution in [0.4, 0.5) is 0 Å². The summed E-state index contributed by atoms with van der Waals surface area (Å²) in [7, 11) is 0.605. The maximum absolute atomic E-state index is 13.8. The van der Waals surface area contributed by atoms with Crippen LogP contribution in [-0.2, 0) is 9.84 Å². The molecular weight excluding hydrogens is 390 g/mol. The van der Waals surface area contributed by atoms with Crippen LogP contribution in [0.5, 0.6) is 17.2 Å². The fourth-order valence-electron chi connectivity index (χ4n) is 3.15. The van der Waals surface area contributed by atoms with Gasteiger partial charge in [0, 0.05) is 18.3 Å². The van der Waals surface area contributed by atoms with Gasteiger partial charge < -0.3 is 14.2 Å². The molecule has 0 spiro atoms. The Morgan fingerprint density at radius 3 is 1.97 bits per heavy atom. The lowest BCUT2D eigenvalue weighted by molar-refractivity contribution is 0.368. The van der Waals surface area contributed by atoms with Crippen molar-refractivity contribution in [2.24, 2.45) is 0 Å². The molecule has 0 radical (unpaired) electrons. The van der Waals surface area contributed by atoms with E-state index in [-0.39, 0.29) is 4.90 Å². The Kier molecular flexibility index (Phi) is 6.08. The molecule has 1 atom stereocenters. The molecule has 0 aliphatic heterocycles. The maximum Gasteiger partial charge on any atom is 0.191 e. The van der Waals surface area contributed by atoms with E-state index in [4.69, 9.17) is 14.2 Å². The summed E-state index contributed by atoms with van der Waals surface area (Å²) in [5.41, 5.74) is 1.71. The smallest absolute Gasteiger partial charge is 0.191 e. The average Bonchev–Trinajstić information content (AvgIpc) is 2.74. The molecule has 0 bridgehead atoms. The van der Waals surface area contributed by atoms with E-state index < -0.39 is 15.1 Å². The van der Waals surface area contributed by atoms with Gasteiger partial charge in [0.05, 0.1) is 37.5 Å². The number of rotatable bonds is 7. The zero-order valence-corrected chi connectivity index (χ0v) is 17.6. The molecule has 1 heterocycles. The number of aryl methyl sites for hydroxylation is 1. The average molecular weight is 413 g/mol. The van der Waals surface area contributed by atoms with Crippen LogP contribution in [0.2, 0.25) is 0 Å². The van der Waals surface area contributed by atoms with Gasteiger partial charge in [0.2, 0.25) is 0 Å². The number of methoxy groups -OCH3 is 3. The Labute approximate surface area is 171 Å². The predicted octanol–water partition coefficient (Wildman–Crippen LogP) is 3.98. The fraction of sp³-hybridized carbons (Fsp3) is 0.227. The van der Waals surface area contributed by atoms with Crippen LogP contribution < -0.4 is 14.2 Å². The van der Waals surface area contributed by atoms with Gasteiger partial charge in [-0.1, -0.05) is 23.8 Å². The van der Waals surface area contributed by atoms with Crippen LogP contribution in [0.25, 0.3) is 0 Å². The number of ether oxygens (including phenoxy) is 3. The molecule has 0 N–H and O–H groups in total. The third kappa shape index (κ3) is 4.05. The lowest BCUT2D eigenvalue weighted by atomic mass is 10.1. The first-order valence-corrected chi connectivity index (χ1v) is 10.5. The number of hydrogen-bond acceptors (Lipinski definition) is 6. The first-order valence-electron chi connectivity index (χ1n) is 8.93. The number of sulfone groups is 1. The van der Waals surface area contributed by atoms with Gasteiger partial charge in [0.25, 0.3) is 0 Å². The van der Waals surface area contributed by atoms with Gasteiger partial charge in [-0.25, -0.2) is 8.42 Å². The number of hydrogen-bond donors (Lipinski definition) is 0. The van der Waals surface area contributed by atoms with Gasteiger partial charge in [0.1, 0.15) is 22.5 Å². The zero-order valence-electron chi connectivity index (χ0n) is 16.7. The lowest BCUT2D eigenvalue weighted by Crippen LogP contribution is -2.18. The van der Waals surface area contributed by atoms with E-state index in [2.05, 4.69) is 4.98 Å². The van der Waals surface area contributed by atoms with E-state index in [1.54, 1.807) is 60.8 Å². The van der Waals surface area contributed by atoms with E-state index in [9.17, 15) is 8.42 Å². The molecular formula is C22H23NO5S. The molecule has 1 aromatic heterocycles. The van der Waals surface area contributed by atoms with Crippen LogP contribution in [0, 0.1) is 6.92 Å². The third-order valence-electron chi connectivity index (χ3n) is 4.63. The Morgan fingerprint density at radius 1 is 0.862 bits per heavy atom. The second-order valence-electron chi connectivity index (χ2n) is 6.44. The zero-order chi connectivity index (χ0) is 21.0. The first-order chi connectivity index (χ1) is 13.9. The van der Waals surface area contributed by atoms with Crippen LogP contribution in [0.15, 0.2) is 65.7 Å². The van der Waals surface area contributed by atoms with Gasteiger partial charge in [-0.15, -0.1) is 0 Å². The van der Waals surface area contributed by atoms with Crippen molar-refractivity contribution in [1.82, 2.24) is 4.98 Å². The van der Waals surface area contributed by atoms with Gasteiger partial charge in [-0.3, -0.25) is 4.98 Å². The molecule has 2 aromatic carbocycles. The highest BCUT2D eigenvalue weighted by Crippen LogP contribution is 2.45. The summed E-state index contributed by atoms with van der Waals surface area (Å²) in [5.74, 6) is 1.18. The molecule has 0 aliphatic carbocycles. The Hall–Kier alpha value is -3.06. The van der Waals surface area contributed by atoms with Crippen molar-refractivity contribution in [3.63, 3.8) is 0 Å². The summed E-state index contributed by atoms with van der Waals surface area (Å²) >= 11 is 0. The molecule has 6 nitrogen and oxygen atoms in total. The minimum Gasteiger partial charge on any atom is -0.496 e. The molecule has 1 unspecified atom stereocenters. The topological polar surface area (TPSA) is 74.7 Å². The number of nitrogens with zero attached hydrogens (tertiary/aromatic N) is 1. The largest absolute Gasteiger partial charge is 0.496 e. The van der Waals surface area contributed by atoms with Gasteiger partial charge in [-0.2, -0.15) is 0 Å². The van der Waals surface area contributed by atoms with Crippen molar-refractivity contribution < 1.29 is 22.6 Å². The Balaban J connectivity index is 2.33. The van der Waals surface area contributed by atoms with E-state index >= 15 is 0 Å². The number of aromatic nitrogens is 1. The molecule has 0 saturated carbocycles. The first kappa shape index (κ1) is 20.7. The predicted molar refractivity (Wildman–Crippen MR) is 111 cm³/mol. The summed E-state index contributed by atoms with van der Waals surface area (Å²) in [4.78, 5) is 4.53. The van der Waals surface area contributed by atoms with Crippen LogP contribution in [0.3, 0.4) is 0 Å². The van der Waals surface area contributed by atoms with Crippen LogP contribution in [0.1, 0.15) is 22.1 Å². The summed E-state index contributed by atoms with van der Waals surface area (Å²) in [6.07, 6.45) is 1.56. The van der Waals surface area contributed by atoms with E-state index in [1.165, 1.54) is 21.3 Å². The third-order valence-corrected chi connectivity index (χ3v) is 6.66. The molecule has 152 valence electrons. The standard InChI is InChI=1S/C22H23NO5S/c1-15-8-10-17(11-9-15)29(24,25)22(18-7-5-6-12-23-18)21-19(27-3)13-16(26-2)14-20(21)28-4/h5-14,22H,1-4H3. The molecule has 0 amide bonds. The highest BCUT2D eigenvalue weighted by molar-refractivity contribution is 7.92. The molecule has 0 saturated heterocycles. The van der Waals surface area contributed by atoms with E-state index in [0.29, 0.717) is 28.5 Å². The summed E-state index contributed by atoms with van der Waals surface area (Å²) in [6.45, 7) is 1.90. The quantitative estimate of drug-likeness (QED) is 0.583. The maximum atomic E-state index is 13.8. The van der Waals surface area contributed by atoms with Crippen LogP contribution >= 0.6 is 0 Å². The lowest BCUT2D eigenvalue weighted by Gasteiger charge is -2.23. The summed E-state index contributed by atoms with van der Waals surface area (Å²) in [6, 6.07) is 15.2. The van der Waals surface area contributed by atoms with Gasteiger partial charge in [-0.05, 0) is 31.2 Å². The molecule has 29 heavy (non-hydrogen) atoms. The molecule has 3 rings (SSSR count). The highest BCUT2D eigenvalue weighted by atomic mass is 32.2. The molecule has 0 aliphatic rings. The van der Waals surface area contributed by atoms with E-state index in [0.717, 1.165) is 5.56 Å². The Bertz CT molecular complexity index is 1050. The van der Waals surface area contributed by atoms with Gasteiger partial charge >= 0.3 is 0 Å². The van der Waals surface area contributed by atoms with Crippen molar-refractivity contribution >= 4 is 9.84 Å². The van der Waals surface area contributed by atoms with Crippen molar-refractivity contribution in [2.75, 3.05) is 21.3 Å². The van der Waals surface area contributed by atoms with E-state index in [1.807, 2.05) is 6.92 Å². The summed E-state index contributed by atoms with van der Waals surface area (Å²) < 4.78 is 43.9. The molecule has 3 aromatic rings. The number of benzene rings is 2. The van der Waals surface area contributed by atoms with Gasteiger partial charge in [0.15, 0.2) is 9.84 Å². The highest BCUT2D eigenvalue weighted by Gasteiger charge is 2.37. The normalized spacial score (nSPS) is 12.3. The fourth-order valence-corrected chi connectivity index (χ4v) is 4.94. The molecule has 0 fully saturated rings. The summed E-state index contributed by atoms with van der Waals surface area (Å²) in [5, 5.41) is -1.12. The monoisotopic (exact) mass is 413 g/mol. The minimum atomic E-state index is -3.87. The second kappa shape index (κ2) is 8.53. The second-order valence-corrected chi connectivity index (χ2v) is 8.47. The Morgan fingerprint density at radius 2 is 1.48 bits per heavy atom. The number of pyridine rings is 1. The van der Waals surface area contributed by atoms with Crippen molar-refractivity contribution in [3.05, 3.63) is 77.6 Å². The van der Waals surface area contributed by atoms with Crippen molar-refractivity contribution in [2.45, 2.75) is 17.1 Å². The van der Waals surface area contributed by atoms with Crippen molar-refractivity contribution in [3.8, 4) is 17.2 Å². The van der Waals surface area contributed by atoms with Crippen LogP contribution in [-0.4, -0.2) is 34.7 Å².